The molecular weight excluding hydrogens is 466 g/mol. The number of phenols is 1. The number of carbonyl (C=O) groups excluding carboxylic acids is 1. The van der Waals surface area contributed by atoms with Crippen LogP contribution in [0.3, 0.4) is 0 Å². The number of anilines is 2. The molecule has 1 unspecified atom stereocenters. The molecule has 0 radical (unpaired) electrons. The molecule has 3 aromatic rings. The van der Waals surface area contributed by atoms with Gasteiger partial charge < -0.3 is 14.9 Å². The molecule has 2 N–H and O–H groups in total. The van der Waals surface area contributed by atoms with Crippen molar-refractivity contribution in [1.29, 1.82) is 0 Å². The van der Waals surface area contributed by atoms with Gasteiger partial charge in [-0.15, -0.1) is 0 Å². The van der Waals surface area contributed by atoms with Crippen LogP contribution in [0.5, 0.6) is 5.75 Å². The first-order chi connectivity index (χ1) is 16.9. The highest BCUT2D eigenvalue weighted by Crippen LogP contribution is 2.23. The van der Waals surface area contributed by atoms with Gasteiger partial charge in [0.15, 0.2) is 0 Å². The summed E-state index contributed by atoms with van der Waals surface area (Å²) < 4.78 is 27.6. The van der Waals surface area contributed by atoms with Crippen LogP contribution in [0.15, 0.2) is 72.0 Å². The number of rotatable bonds is 8. The van der Waals surface area contributed by atoms with Crippen LogP contribution in [-0.4, -0.2) is 60.5 Å². The Hall–Kier alpha value is -3.66. The molecule has 1 fully saturated rings. The van der Waals surface area contributed by atoms with Gasteiger partial charge in [0.2, 0.25) is 5.91 Å². The number of phenolic OH excluding ortho intramolecular Hbond substituents is 1. The van der Waals surface area contributed by atoms with Crippen molar-refractivity contribution in [2.24, 2.45) is 5.92 Å². The van der Waals surface area contributed by atoms with E-state index in [2.05, 4.69) is 19.6 Å². The normalized spacial score (nSPS) is 15.0. The number of carbonyl (C=O) groups is 1. The molecule has 1 saturated heterocycles. The molecule has 2 heterocycles. The van der Waals surface area contributed by atoms with Gasteiger partial charge >= 0.3 is 0 Å². The molecule has 10 heteroatoms. The van der Waals surface area contributed by atoms with Crippen molar-refractivity contribution in [3.63, 3.8) is 0 Å². The van der Waals surface area contributed by atoms with Crippen molar-refractivity contribution < 1.29 is 18.3 Å². The molecule has 0 bridgehead atoms. The Balaban J connectivity index is 1.34. The number of sulfonamides is 1. The molecule has 1 aromatic heterocycles. The largest absolute Gasteiger partial charge is 0.508 e. The molecule has 9 nitrogen and oxygen atoms in total. The van der Waals surface area contributed by atoms with Crippen LogP contribution in [0.1, 0.15) is 18.9 Å². The molecule has 0 spiro atoms. The van der Waals surface area contributed by atoms with Crippen molar-refractivity contribution in [2.75, 3.05) is 35.8 Å². The number of nitrogens with one attached hydrogen (secondary N) is 1. The van der Waals surface area contributed by atoms with Crippen LogP contribution >= 0.6 is 0 Å². The van der Waals surface area contributed by atoms with Gasteiger partial charge in [-0.25, -0.2) is 18.4 Å². The predicted molar refractivity (Wildman–Crippen MR) is 134 cm³/mol. The van der Waals surface area contributed by atoms with Crippen molar-refractivity contribution in [3.05, 3.63) is 72.7 Å². The van der Waals surface area contributed by atoms with Crippen molar-refractivity contribution in [2.45, 2.75) is 24.7 Å². The minimum atomic E-state index is -3.75. The number of hydrogen-bond acceptors (Lipinski definition) is 7. The second-order valence-electron chi connectivity index (χ2n) is 8.49. The summed E-state index contributed by atoms with van der Waals surface area (Å²) in [4.78, 5) is 25.0. The number of benzene rings is 2. The van der Waals surface area contributed by atoms with Crippen LogP contribution in [0.4, 0.5) is 11.5 Å². The van der Waals surface area contributed by atoms with Crippen LogP contribution in [-0.2, 0) is 21.2 Å². The van der Waals surface area contributed by atoms with Gasteiger partial charge in [-0.1, -0.05) is 19.1 Å². The smallest absolute Gasteiger partial charge is 0.263 e. The van der Waals surface area contributed by atoms with E-state index in [0.29, 0.717) is 32.6 Å². The maximum absolute atomic E-state index is 13.1. The van der Waals surface area contributed by atoms with E-state index < -0.39 is 10.0 Å². The van der Waals surface area contributed by atoms with Crippen LogP contribution in [0, 0.1) is 5.92 Å². The number of aromatic hydroxyl groups is 1. The number of nitrogens with zero attached hydrogens (tertiary/aromatic N) is 4. The molecule has 1 atom stereocenters. The Bertz CT molecular complexity index is 1240. The highest BCUT2D eigenvalue weighted by Gasteiger charge is 2.27. The Labute approximate surface area is 205 Å². The first-order valence-corrected chi connectivity index (χ1v) is 13.0. The minimum Gasteiger partial charge on any atom is -0.508 e. The van der Waals surface area contributed by atoms with E-state index in [4.69, 9.17) is 0 Å². The highest BCUT2D eigenvalue weighted by molar-refractivity contribution is 7.92. The van der Waals surface area contributed by atoms with E-state index in [-0.39, 0.29) is 28.3 Å². The Kier molecular flexibility index (Phi) is 7.50. The SMILES string of the molecule is CCC(Cc1cccc(O)c1)C(=O)N1CCN(c2ccc(S(=O)(=O)Nc3ccncn3)cc2)CC1. The average Bonchev–Trinajstić information content (AvgIpc) is 2.87. The fraction of sp³-hybridized carbons (Fsp3) is 0.320. The molecule has 35 heavy (non-hydrogen) atoms. The lowest BCUT2D eigenvalue weighted by Crippen LogP contribution is -2.50. The third-order valence-electron chi connectivity index (χ3n) is 6.16. The van der Waals surface area contributed by atoms with E-state index in [0.717, 1.165) is 17.7 Å². The van der Waals surface area contributed by atoms with E-state index in [9.17, 15) is 18.3 Å². The first-order valence-electron chi connectivity index (χ1n) is 11.6. The summed E-state index contributed by atoms with van der Waals surface area (Å²) in [5.74, 6) is 0.421. The third-order valence-corrected chi connectivity index (χ3v) is 7.53. The predicted octanol–water partition coefficient (Wildman–Crippen LogP) is 2.90. The van der Waals surface area contributed by atoms with Crippen molar-refractivity contribution in [1.82, 2.24) is 14.9 Å². The van der Waals surface area contributed by atoms with E-state index in [1.807, 2.05) is 17.9 Å². The monoisotopic (exact) mass is 495 g/mol. The summed E-state index contributed by atoms with van der Waals surface area (Å²) >= 11 is 0. The molecule has 1 amide bonds. The van der Waals surface area contributed by atoms with Gasteiger partial charge in [-0.2, -0.15) is 0 Å². The Morgan fingerprint density at radius 2 is 1.83 bits per heavy atom. The lowest BCUT2D eigenvalue weighted by molar-refractivity contribution is -0.135. The van der Waals surface area contributed by atoms with Gasteiger partial charge in [0, 0.05) is 44.0 Å². The highest BCUT2D eigenvalue weighted by atomic mass is 32.2. The molecule has 184 valence electrons. The quantitative estimate of drug-likeness (QED) is 0.494. The van der Waals surface area contributed by atoms with Crippen molar-refractivity contribution >= 4 is 27.4 Å². The fourth-order valence-corrected chi connectivity index (χ4v) is 5.21. The summed E-state index contributed by atoms with van der Waals surface area (Å²) in [6.07, 6.45) is 4.07. The molecule has 0 aliphatic carbocycles. The van der Waals surface area contributed by atoms with Gasteiger partial charge in [0.1, 0.15) is 17.9 Å². The van der Waals surface area contributed by atoms with E-state index in [1.54, 1.807) is 42.5 Å². The standard InChI is InChI=1S/C25H29N5O4S/c1-2-20(16-19-4-3-5-22(31)17-19)25(32)30-14-12-29(13-15-30)21-6-8-23(9-7-21)35(33,34)28-24-10-11-26-18-27-24/h3-11,17-18,20,31H,2,12-16H2,1H3,(H,26,27,28). The second kappa shape index (κ2) is 10.7. The van der Waals surface area contributed by atoms with E-state index >= 15 is 0 Å². The van der Waals surface area contributed by atoms with Gasteiger partial charge in [0.05, 0.1) is 4.90 Å². The summed E-state index contributed by atoms with van der Waals surface area (Å²) in [6.45, 7) is 4.55. The number of amides is 1. The first kappa shape index (κ1) is 24.5. The van der Waals surface area contributed by atoms with Gasteiger partial charge in [0.25, 0.3) is 10.0 Å². The fourth-order valence-electron chi connectivity index (χ4n) is 4.20. The Morgan fingerprint density at radius 3 is 2.46 bits per heavy atom. The molecule has 0 saturated carbocycles. The molecular formula is C25H29N5O4S. The van der Waals surface area contributed by atoms with E-state index in [1.165, 1.54) is 18.6 Å². The minimum absolute atomic E-state index is 0.129. The van der Waals surface area contributed by atoms with Crippen LogP contribution in [0.25, 0.3) is 0 Å². The second-order valence-corrected chi connectivity index (χ2v) is 10.2. The molecule has 4 rings (SSSR count). The summed E-state index contributed by atoms with van der Waals surface area (Å²) in [7, 11) is -3.75. The maximum atomic E-state index is 13.1. The lowest BCUT2D eigenvalue weighted by atomic mass is 9.95. The zero-order valence-electron chi connectivity index (χ0n) is 19.5. The summed E-state index contributed by atoms with van der Waals surface area (Å²) in [5, 5.41) is 9.71. The average molecular weight is 496 g/mol. The maximum Gasteiger partial charge on any atom is 0.263 e. The molecule has 1 aliphatic rings. The van der Waals surface area contributed by atoms with Gasteiger partial charge in [-0.3, -0.25) is 9.52 Å². The number of piperazine rings is 1. The number of hydrogen-bond donors (Lipinski definition) is 2. The van der Waals surface area contributed by atoms with Crippen LogP contribution in [0.2, 0.25) is 0 Å². The van der Waals surface area contributed by atoms with Crippen molar-refractivity contribution in [3.8, 4) is 5.75 Å². The summed E-state index contributed by atoms with van der Waals surface area (Å²) in [6, 6.07) is 15.2. The molecule has 2 aromatic carbocycles. The lowest BCUT2D eigenvalue weighted by Gasteiger charge is -2.37. The zero-order chi connectivity index (χ0) is 24.8. The summed E-state index contributed by atoms with van der Waals surface area (Å²) in [5.41, 5.74) is 1.86. The van der Waals surface area contributed by atoms with Crippen LogP contribution < -0.4 is 9.62 Å². The number of aromatic nitrogens is 2. The molecule has 1 aliphatic heterocycles. The third kappa shape index (κ3) is 6.07. The topological polar surface area (TPSA) is 116 Å². The van der Waals surface area contributed by atoms with Gasteiger partial charge in [-0.05, 0) is 60.9 Å². The Morgan fingerprint density at radius 1 is 1.09 bits per heavy atom. The zero-order valence-corrected chi connectivity index (χ0v) is 20.4.